The maximum absolute atomic E-state index is 10.3. The third-order valence-electron chi connectivity index (χ3n) is 3.79. The first-order chi connectivity index (χ1) is 9.54. The van der Waals surface area contributed by atoms with Crippen molar-refractivity contribution in [1.29, 1.82) is 0 Å². The molecule has 0 spiro atoms. The maximum Gasteiger partial charge on any atom is 0.152 e. The SMILES string of the molecule is C[C@H]1[C@H](O)[C@H](c2cc(Cl)c3c(N)ncnn23)O[C@@H]1CO. The minimum absolute atomic E-state index is 0.150. The molecule has 3 rings (SSSR count). The number of aliphatic hydroxyl groups excluding tert-OH is 2. The fourth-order valence-electron chi connectivity index (χ4n) is 2.59. The zero-order chi connectivity index (χ0) is 14.4. The van der Waals surface area contributed by atoms with Crippen LogP contribution in [0.5, 0.6) is 0 Å². The summed E-state index contributed by atoms with van der Waals surface area (Å²) in [7, 11) is 0. The van der Waals surface area contributed by atoms with Gasteiger partial charge in [0.05, 0.1) is 29.5 Å². The van der Waals surface area contributed by atoms with Gasteiger partial charge in [0.1, 0.15) is 17.9 Å². The number of nitrogens with zero attached hydrogens (tertiary/aromatic N) is 3. The summed E-state index contributed by atoms with van der Waals surface area (Å²) in [6.45, 7) is 1.68. The Bertz CT molecular complexity index is 647. The quantitative estimate of drug-likeness (QED) is 0.741. The predicted octanol–water partition coefficient (Wildman–Crippen LogP) is 0.394. The Morgan fingerprint density at radius 2 is 2.30 bits per heavy atom. The molecule has 0 saturated carbocycles. The predicted molar refractivity (Wildman–Crippen MR) is 72.3 cm³/mol. The van der Waals surface area contributed by atoms with Crippen LogP contribution < -0.4 is 5.73 Å². The van der Waals surface area contributed by atoms with Crippen molar-refractivity contribution in [1.82, 2.24) is 14.6 Å². The van der Waals surface area contributed by atoms with E-state index in [2.05, 4.69) is 10.1 Å². The maximum atomic E-state index is 10.3. The third-order valence-corrected chi connectivity index (χ3v) is 4.08. The van der Waals surface area contributed by atoms with E-state index in [1.54, 1.807) is 6.07 Å². The summed E-state index contributed by atoms with van der Waals surface area (Å²) in [6, 6.07) is 1.66. The summed E-state index contributed by atoms with van der Waals surface area (Å²) in [5, 5.41) is 24.1. The monoisotopic (exact) mass is 298 g/mol. The average Bonchev–Trinajstić information content (AvgIpc) is 2.90. The highest BCUT2D eigenvalue weighted by Gasteiger charge is 2.42. The normalized spacial score (nSPS) is 30.2. The van der Waals surface area contributed by atoms with E-state index in [0.717, 1.165) is 0 Å². The highest BCUT2D eigenvalue weighted by atomic mass is 35.5. The number of hydrogen-bond donors (Lipinski definition) is 3. The summed E-state index contributed by atoms with van der Waals surface area (Å²) in [6.07, 6.45) is -0.469. The second-order valence-electron chi connectivity index (χ2n) is 4.95. The molecule has 4 atom stereocenters. The smallest absolute Gasteiger partial charge is 0.152 e. The van der Waals surface area contributed by atoms with E-state index >= 15 is 0 Å². The molecule has 20 heavy (non-hydrogen) atoms. The molecule has 0 aliphatic carbocycles. The Balaban J connectivity index is 2.10. The first-order valence-electron chi connectivity index (χ1n) is 6.26. The van der Waals surface area contributed by atoms with Crippen LogP contribution in [0.4, 0.5) is 5.82 Å². The van der Waals surface area contributed by atoms with Crippen LogP contribution in [0, 0.1) is 5.92 Å². The number of nitrogen functional groups attached to an aromatic ring is 1. The van der Waals surface area contributed by atoms with Gasteiger partial charge >= 0.3 is 0 Å². The fourth-order valence-corrected chi connectivity index (χ4v) is 2.88. The molecule has 0 amide bonds. The van der Waals surface area contributed by atoms with Crippen molar-refractivity contribution in [3.05, 3.63) is 23.1 Å². The van der Waals surface area contributed by atoms with Gasteiger partial charge in [-0.05, 0) is 6.07 Å². The summed E-state index contributed by atoms with van der Waals surface area (Å²) < 4.78 is 7.22. The Labute approximate surface area is 119 Å². The number of nitrogens with two attached hydrogens (primary N) is 1. The standard InChI is InChI=1S/C12H15ClN4O3/c1-5-8(3-18)20-11(10(5)19)7-2-6(13)9-12(14)15-4-16-17(7)9/h2,4-5,8,10-11,18-19H,3H2,1H3,(H2,14,15,16)/t5-,8-,10+,11+/m1/s1. The van der Waals surface area contributed by atoms with Gasteiger partial charge < -0.3 is 20.7 Å². The van der Waals surface area contributed by atoms with Gasteiger partial charge in [-0.2, -0.15) is 5.10 Å². The number of fused-ring (bicyclic) bond motifs is 1. The summed E-state index contributed by atoms with van der Waals surface area (Å²) in [5.74, 6) is 0.0732. The Kier molecular flexibility index (Phi) is 3.29. The van der Waals surface area contributed by atoms with Crippen LogP contribution in [0.15, 0.2) is 12.4 Å². The van der Waals surface area contributed by atoms with Crippen molar-refractivity contribution < 1.29 is 14.9 Å². The van der Waals surface area contributed by atoms with Crippen LogP contribution in [-0.4, -0.2) is 43.6 Å². The highest BCUT2D eigenvalue weighted by Crippen LogP contribution is 2.39. The van der Waals surface area contributed by atoms with Crippen LogP contribution >= 0.6 is 11.6 Å². The third kappa shape index (κ3) is 1.86. The van der Waals surface area contributed by atoms with Gasteiger partial charge in [0.15, 0.2) is 5.82 Å². The molecule has 3 heterocycles. The number of aromatic nitrogens is 3. The molecule has 1 aliphatic heterocycles. The van der Waals surface area contributed by atoms with Crippen molar-refractivity contribution in [3.8, 4) is 0 Å². The molecule has 1 fully saturated rings. The molecule has 7 nitrogen and oxygen atoms in total. The van der Waals surface area contributed by atoms with Crippen molar-refractivity contribution in [2.45, 2.75) is 25.2 Å². The van der Waals surface area contributed by atoms with Gasteiger partial charge in [-0.15, -0.1) is 0 Å². The highest BCUT2D eigenvalue weighted by molar-refractivity contribution is 6.34. The van der Waals surface area contributed by atoms with Gasteiger partial charge in [0.2, 0.25) is 0 Å². The number of ether oxygens (including phenoxy) is 1. The molecule has 0 bridgehead atoms. The van der Waals surface area contributed by atoms with Crippen LogP contribution in [-0.2, 0) is 4.74 Å². The van der Waals surface area contributed by atoms with E-state index in [1.165, 1.54) is 10.8 Å². The lowest BCUT2D eigenvalue weighted by molar-refractivity contribution is -0.0152. The van der Waals surface area contributed by atoms with Crippen LogP contribution in [0.1, 0.15) is 18.7 Å². The molecular formula is C12H15ClN4O3. The lowest BCUT2D eigenvalue weighted by Gasteiger charge is -2.14. The second kappa shape index (κ2) is 4.85. The van der Waals surface area contributed by atoms with Gasteiger partial charge in [0.25, 0.3) is 0 Å². The van der Waals surface area contributed by atoms with Crippen molar-refractivity contribution in [2.24, 2.45) is 5.92 Å². The van der Waals surface area contributed by atoms with Gasteiger partial charge in [-0.1, -0.05) is 18.5 Å². The van der Waals surface area contributed by atoms with E-state index in [9.17, 15) is 10.2 Å². The van der Waals surface area contributed by atoms with E-state index in [1.807, 2.05) is 6.92 Å². The number of rotatable bonds is 2. The van der Waals surface area contributed by atoms with E-state index in [4.69, 9.17) is 22.1 Å². The van der Waals surface area contributed by atoms with Gasteiger partial charge in [0, 0.05) is 5.92 Å². The molecule has 1 aliphatic rings. The van der Waals surface area contributed by atoms with Crippen LogP contribution in [0.2, 0.25) is 5.02 Å². The minimum Gasteiger partial charge on any atom is -0.394 e. The number of hydrogen-bond acceptors (Lipinski definition) is 6. The topological polar surface area (TPSA) is 106 Å². The molecule has 108 valence electrons. The van der Waals surface area contributed by atoms with E-state index in [-0.39, 0.29) is 18.3 Å². The number of halogens is 1. The molecule has 8 heteroatoms. The molecule has 2 aromatic heterocycles. The summed E-state index contributed by atoms with van der Waals surface area (Å²) >= 11 is 6.15. The molecule has 4 N–H and O–H groups in total. The first kappa shape index (κ1) is 13.6. The molecule has 1 saturated heterocycles. The van der Waals surface area contributed by atoms with Crippen LogP contribution in [0.25, 0.3) is 5.52 Å². The van der Waals surface area contributed by atoms with Crippen molar-refractivity contribution >= 4 is 22.9 Å². The summed E-state index contributed by atoms with van der Waals surface area (Å²) in [4.78, 5) is 3.89. The average molecular weight is 299 g/mol. The van der Waals surface area contributed by atoms with Crippen molar-refractivity contribution in [2.75, 3.05) is 12.3 Å². The first-order valence-corrected chi connectivity index (χ1v) is 6.64. The summed E-state index contributed by atoms with van der Waals surface area (Å²) in [5.41, 5.74) is 6.86. The lowest BCUT2D eigenvalue weighted by Crippen LogP contribution is -2.24. The fraction of sp³-hybridized carbons (Fsp3) is 0.500. The van der Waals surface area contributed by atoms with Crippen LogP contribution in [0.3, 0.4) is 0 Å². The zero-order valence-electron chi connectivity index (χ0n) is 10.8. The molecule has 0 aromatic carbocycles. The Morgan fingerprint density at radius 1 is 1.55 bits per heavy atom. The zero-order valence-corrected chi connectivity index (χ0v) is 11.5. The van der Waals surface area contributed by atoms with E-state index < -0.39 is 18.3 Å². The van der Waals surface area contributed by atoms with Gasteiger partial charge in [-0.3, -0.25) is 0 Å². The Hall–Kier alpha value is -1.41. The molecule has 0 radical (unpaired) electrons. The second-order valence-corrected chi connectivity index (χ2v) is 5.36. The minimum atomic E-state index is -0.752. The largest absolute Gasteiger partial charge is 0.394 e. The van der Waals surface area contributed by atoms with Crippen molar-refractivity contribution in [3.63, 3.8) is 0 Å². The molecule has 2 aromatic rings. The Morgan fingerprint density at radius 3 is 2.95 bits per heavy atom. The number of aliphatic hydroxyl groups is 2. The molecule has 0 unspecified atom stereocenters. The lowest BCUT2D eigenvalue weighted by atomic mass is 9.97. The van der Waals surface area contributed by atoms with Gasteiger partial charge in [-0.25, -0.2) is 9.50 Å². The van der Waals surface area contributed by atoms with E-state index in [0.29, 0.717) is 16.2 Å². The molecular weight excluding hydrogens is 284 g/mol. The number of anilines is 1.